The van der Waals surface area contributed by atoms with Crippen LogP contribution in [0.3, 0.4) is 0 Å². The first-order valence-electron chi connectivity index (χ1n) is 19.1. The van der Waals surface area contributed by atoms with E-state index in [1.165, 1.54) is 54.0 Å². The summed E-state index contributed by atoms with van der Waals surface area (Å²) in [5.74, 6) is 0. The van der Waals surface area contributed by atoms with Crippen molar-refractivity contribution in [1.82, 2.24) is 4.98 Å². The van der Waals surface area contributed by atoms with E-state index in [0.29, 0.717) is 0 Å². The molecule has 0 atom stereocenters. The van der Waals surface area contributed by atoms with E-state index in [2.05, 4.69) is 133 Å². The second kappa shape index (κ2) is 12.9. The average Bonchev–Trinajstić information content (AvgIpc) is 3.28. The minimum Gasteiger partial charge on any atom is -0.309 e. The predicted octanol–water partition coefficient (Wildman–Crippen LogP) is 13.0. The highest BCUT2D eigenvalue weighted by Gasteiger charge is 2.29. The Morgan fingerprint density at radius 1 is 0.321 bits per heavy atom. The lowest BCUT2D eigenvalue weighted by molar-refractivity contribution is 0.592. The normalized spacial score (nSPS) is 12.0. The summed E-state index contributed by atoms with van der Waals surface area (Å²) >= 11 is 0. The van der Waals surface area contributed by atoms with Crippen molar-refractivity contribution in [2.75, 3.05) is 0 Å². The molecule has 0 aliphatic rings. The lowest BCUT2D eigenvalue weighted by atomic mass is 9.88. The summed E-state index contributed by atoms with van der Waals surface area (Å²) in [6.45, 7) is 0. The fraction of sp³-hybridized carbons (Fsp3) is 0. The van der Waals surface area contributed by atoms with E-state index in [0.717, 1.165) is 49.0 Å². The molecule has 2 nitrogen and oxygen atoms in total. The monoisotopic (exact) mass is 731 g/mol. The van der Waals surface area contributed by atoms with Gasteiger partial charge >= 0.3 is 0 Å². The van der Waals surface area contributed by atoms with Gasteiger partial charge in [0.2, 0.25) is 0 Å². The predicted molar refractivity (Wildman–Crippen MR) is 240 cm³/mol. The Morgan fingerprint density at radius 3 is 1.38 bits per heavy atom. The zero-order chi connectivity index (χ0) is 37.2. The molecule has 0 saturated heterocycles. The number of fused-ring (bicyclic) bond motifs is 11. The van der Waals surface area contributed by atoms with Gasteiger partial charge in [-0.25, -0.2) is 4.98 Å². The smallest absolute Gasteiger partial charge is 0.171 e. The topological polar surface area (TPSA) is 30.0 Å². The number of nitrogens with zero attached hydrogens (tertiary/aromatic N) is 1. The molecule has 56 heavy (non-hydrogen) atoms. The Balaban J connectivity index is 1.17. The summed E-state index contributed by atoms with van der Waals surface area (Å²) < 4.78 is 15.2. The molecule has 0 amide bonds. The van der Waals surface area contributed by atoms with Gasteiger partial charge in [-0.3, -0.25) is 0 Å². The largest absolute Gasteiger partial charge is 0.309 e. The molecule has 0 saturated carbocycles. The molecule has 0 unspecified atom stereocenters. The molecule has 10 aromatic carbocycles. The quantitative estimate of drug-likeness (QED) is 0.130. The number of hydrogen-bond donors (Lipinski definition) is 0. The van der Waals surface area contributed by atoms with Crippen LogP contribution in [-0.4, -0.2) is 4.98 Å². The zero-order valence-corrected chi connectivity index (χ0v) is 31.3. The highest BCUT2D eigenvalue weighted by molar-refractivity contribution is 7.85. The van der Waals surface area contributed by atoms with Gasteiger partial charge in [-0.05, 0) is 72.4 Å². The van der Waals surface area contributed by atoms with Gasteiger partial charge in [-0.15, -0.1) is 0 Å². The van der Waals surface area contributed by atoms with E-state index in [9.17, 15) is 0 Å². The van der Waals surface area contributed by atoms with Gasteiger partial charge in [0.1, 0.15) is 0 Å². The minimum absolute atomic E-state index is 0.797. The minimum atomic E-state index is -3.13. The first-order chi connectivity index (χ1) is 27.7. The molecule has 0 aliphatic heterocycles. The number of benzene rings is 10. The van der Waals surface area contributed by atoms with E-state index in [4.69, 9.17) is 4.98 Å². The van der Waals surface area contributed by atoms with Crippen molar-refractivity contribution in [3.05, 3.63) is 206 Å². The standard InChI is InChI=1S/C53H34NOP/c55-56(37-15-3-1-4-16-37,38-17-5-2-6-18-38)39-30-27-35(28-31-39)53-50-34-48(44-23-11-12-24-46(44)52(50)47-25-13-14-26-51(47)54-53)36-29-32-45-42-21-8-7-19-40(42)41-20-9-10-22-43(41)49(45)33-36/h1-34H. The zero-order valence-electron chi connectivity index (χ0n) is 30.4. The molecule has 1 heterocycles. The molecule has 0 fully saturated rings. The van der Waals surface area contributed by atoms with Gasteiger partial charge in [-0.2, -0.15) is 0 Å². The molecule has 0 radical (unpaired) electrons. The average molecular weight is 732 g/mol. The van der Waals surface area contributed by atoms with Gasteiger partial charge in [-0.1, -0.05) is 188 Å². The molecule has 1 aromatic heterocycles. The van der Waals surface area contributed by atoms with E-state index >= 15 is 4.57 Å². The van der Waals surface area contributed by atoms with Crippen LogP contribution in [0, 0.1) is 0 Å². The Bertz CT molecular complexity index is 3300. The molecule has 0 aliphatic carbocycles. The van der Waals surface area contributed by atoms with E-state index in [-0.39, 0.29) is 0 Å². The van der Waals surface area contributed by atoms with Crippen LogP contribution >= 0.6 is 7.14 Å². The third-order valence-corrected chi connectivity index (χ3v) is 14.6. The van der Waals surface area contributed by atoms with Crippen molar-refractivity contribution in [2.45, 2.75) is 0 Å². The molecule has 11 aromatic rings. The van der Waals surface area contributed by atoms with Gasteiger partial charge in [0.15, 0.2) is 7.14 Å². The van der Waals surface area contributed by atoms with Gasteiger partial charge in [0, 0.05) is 37.6 Å². The van der Waals surface area contributed by atoms with Crippen LogP contribution < -0.4 is 15.9 Å². The van der Waals surface area contributed by atoms with Crippen molar-refractivity contribution < 1.29 is 4.57 Å². The Morgan fingerprint density at radius 2 is 0.768 bits per heavy atom. The molecule has 0 spiro atoms. The second-order valence-electron chi connectivity index (χ2n) is 14.5. The van der Waals surface area contributed by atoms with Crippen LogP contribution in [0.25, 0.3) is 87.1 Å². The van der Waals surface area contributed by atoms with Crippen LogP contribution in [0.2, 0.25) is 0 Å². The van der Waals surface area contributed by atoms with Crippen LogP contribution in [0.4, 0.5) is 0 Å². The summed E-state index contributed by atoms with van der Waals surface area (Å²) in [6, 6.07) is 72.0. The van der Waals surface area contributed by atoms with E-state index < -0.39 is 7.14 Å². The molecular weight excluding hydrogens is 698 g/mol. The number of pyridine rings is 1. The van der Waals surface area contributed by atoms with Gasteiger partial charge < -0.3 is 4.57 Å². The Kier molecular flexibility index (Phi) is 7.49. The van der Waals surface area contributed by atoms with Crippen molar-refractivity contribution in [3.8, 4) is 22.4 Å². The highest BCUT2D eigenvalue weighted by Crippen LogP contribution is 2.45. The van der Waals surface area contributed by atoms with E-state index in [1.54, 1.807) is 0 Å². The summed E-state index contributed by atoms with van der Waals surface area (Å²) in [5, 5.41) is 15.8. The number of para-hydroxylation sites is 1. The fourth-order valence-electron chi connectivity index (χ4n) is 8.90. The molecule has 262 valence electrons. The first-order valence-corrected chi connectivity index (χ1v) is 20.8. The molecule has 0 N–H and O–H groups in total. The Labute approximate surface area is 324 Å². The van der Waals surface area contributed by atoms with E-state index in [1.807, 2.05) is 72.8 Å². The fourth-order valence-corrected chi connectivity index (χ4v) is 11.5. The van der Waals surface area contributed by atoms with Crippen molar-refractivity contribution in [1.29, 1.82) is 0 Å². The maximum atomic E-state index is 15.2. The molecular formula is C53H34NOP. The first kappa shape index (κ1) is 32.6. The Hall–Kier alpha value is -6.86. The lowest BCUT2D eigenvalue weighted by Crippen LogP contribution is -2.24. The molecule has 11 rings (SSSR count). The molecule has 3 heteroatoms. The summed E-state index contributed by atoms with van der Waals surface area (Å²) in [7, 11) is -3.13. The van der Waals surface area contributed by atoms with Crippen LogP contribution in [0.5, 0.6) is 0 Å². The summed E-state index contributed by atoms with van der Waals surface area (Å²) in [6.07, 6.45) is 0. The van der Waals surface area contributed by atoms with Crippen molar-refractivity contribution in [3.63, 3.8) is 0 Å². The number of aromatic nitrogens is 1. The third kappa shape index (κ3) is 4.97. The lowest BCUT2D eigenvalue weighted by Gasteiger charge is -2.20. The van der Waals surface area contributed by atoms with Gasteiger partial charge in [0.05, 0.1) is 11.2 Å². The maximum Gasteiger partial charge on any atom is 0.171 e. The van der Waals surface area contributed by atoms with Crippen molar-refractivity contribution >= 4 is 87.8 Å². The summed E-state index contributed by atoms with van der Waals surface area (Å²) in [4.78, 5) is 5.38. The van der Waals surface area contributed by atoms with Crippen LogP contribution in [-0.2, 0) is 4.57 Å². The maximum absolute atomic E-state index is 15.2. The third-order valence-electron chi connectivity index (χ3n) is 11.5. The van der Waals surface area contributed by atoms with Crippen LogP contribution in [0.1, 0.15) is 0 Å². The second-order valence-corrected chi connectivity index (χ2v) is 17.3. The van der Waals surface area contributed by atoms with Crippen molar-refractivity contribution in [2.24, 2.45) is 0 Å². The van der Waals surface area contributed by atoms with Gasteiger partial charge in [0.25, 0.3) is 0 Å². The number of hydrogen-bond acceptors (Lipinski definition) is 2. The summed E-state index contributed by atoms with van der Waals surface area (Å²) in [5.41, 5.74) is 5.16. The SMILES string of the molecule is O=P(c1ccccc1)(c1ccccc1)c1ccc(-c2nc3ccccc3c3c2cc(-c2ccc4c5ccccc5c5ccccc5c4c2)c2ccccc23)cc1. The number of rotatable bonds is 5. The molecule has 0 bridgehead atoms. The highest BCUT2D eigenvalue weighted by atomic mass is 31.2. The van der Waals surface area contributed by atoms with Crippen LogP contribution in [0.15, 0.2) is 206 Å².